The van der Waals surface area contributed by atoms with Gasteiger partial charge < -0.3 is 4.74 Å². The Morgan fingerprint density at radius 1 is 1.33 bits per heavy atom. The van der Waals surface area contributed by atoms with Crippen LogP contribution in [-0.2, 0) is 14.8 Å². The number of halogens is 1. The van der Waals surface area contributed by atoms with E-state index in [1.165, 1.54) is 13.2 Å². The van der Waals surface area contributed by atoms with Crippen molar-refractivity contribution in [3.8, 4) is 0 Å². The van der Waals surface area contributed by atoms with E-state index in [9.17, 15) is 13.2 Å². The van der Waals surface area contributed by atoms with E-state index in [2.05, 4.69) is 25.4 Å². The van der Waals surface area contributed by atoms with Crippen LogP contribution in [0.15, 0.2) is 22.7 Å². The standard InChI is InChI=1S/C11H14BrNO4S/c1-7(2)18(15,16)13-10-5-8(11(14)17-3)4-9(12)6-10/h4-7,13H,1-3H3. The van der Waals surface area contributed by atoms with Gasteiger partial charge in [-0.2, -0.15) is 0 Å². The molecule has 0 fully saturated rings. The molecule has 0 saturated heterocycles. The van der Waals surface area contributed by atoms with E-state index in [4.69, 9.17) is 0 Å². The van der Waals surface area contributed by atoms with E-state index in [1.807, 2.05) is 0 Å². The van der Waals surface area contributed by atoms with E-state index in [0.29, 0.717) is 10.2 Å². The van der Waals surface area contributed by atoms with Gasteiger partial charge in [0.05, 0.1) is 23.6 Å². The van der Waals surface area contributed by atoms with E-state index in [-0.39, 0.29) is 5.56 Å². The first-order valence-electron chi connectivity index (χ1n) is 5.17. The van der Waals surface area contributed by atoms with Gasteiger partial charge in [0.2, 0.25) is 10.0 Å². The second kappa shape index (κ2) is 5.71. The Hall–Kier alpha value is -1.08. The maximum absolute atomic E-state index is 11.7. The van der Waals surface area contributed by atoms with E-state index < -0.39 is 21.2 Å². The van der Waals surface area contributed by atoms with Crippen LogP contribution >= 0.6 is 15.9 Å². The number of hydrogen-bond donors (Lipinski definition) is 1. The number of carbonyl (C=O) groups is 1. The molecule has 0 heterocycles. The zero-order valence-corrected chi connectivity index (χ0v) is 12.6. The molecule has 0 bridgehead atoms. The Morgan fingerprint density at radius 2 is 1.94 bits per heavy atom. The van der Waals surface area contributed by atoms with Crippen molar-refractivity contribution in [3.05, 3.63) is 28.2 Å². The molecule has 1 aromatic rings. The second-order valence-electron chi connectivity index (χ2n) is 3.92. The minimum Gasteiger partial charge on any atom is -0.465 e. The van der Waals surface area contributed by atoms with Gasteiger partial charge in [0.15, 0.2) is 0 Å². The molecule has 0 aliphatic heterocycles. The smallest absolute Gasteiger partial charge is 0.337 e. The molecule has 1 aromatic carbocycles. The number of methoxy groups -OCH3 is 1. The van der Waals surface area contributed by atoms with Gasteiger partial charge in [0, 0.05) is 4.47 Å². The predicted molar refractivity (Wildman–Crippen MR) is 73.2 cm³/mol. The number of carbonyl (C=O) groups excluding carboxylic acids is 1. The van der Waals surface area contributed by atoms with Gasteiger partial charge in [-0.3, -0.25) is 4.72 Å². The Bertz CT molecular complexity index is 554. The van der Waals surface area contributed by atoms with Crippen LogP contribution in [0.2, 0.25) is 0 Å². The van der Waals surface area contributed by atoms with Crippen molar-refractivity contribution in [2.24, 2.45) is 0 Å². The summed E-state index contributed by atoms with van der Waals surface area (Å²) in [5, 5.41) is -0.557. The summed E-state index contributed by atoms with van der Waals surface area (Å²) in [6, 6.07) is 4.56. The largest absolute Gasteiger partial charge is 0.465 e. The number of rotatable bonds is 4. The molecule has 0 aliphatic rings. The first kappa shape index (κ1) is 15.0. The second-order valence-corrected chi connectivity index (χ2v) is 7.07. The van der Waals surface area contributed by atoms with Crippen LogP contribution < -0.4 is 4.72 Å². The van der Waals surface area contributed by atoms with Crippen molar-refractivity contribution in [1.29, 1.82) is 0 Å². The minimum absolute atomic E-state index is 0.272. The lowest BCUT2D eigenvalue weighted by atomic mass is 10.2. The third kappa shape index (κ3) is 3.71. The van der Waals surface area contributed by atoms with Crippen LogP contribution in [-0.4, -0.2) is 26.7 Å². The molecule has 1 N–H and O–H groups in total. The minimum atomic E-state index is -3.44. The highest BCUT2D eigenvalue weighted by Crippen LogP contribution is 2.21. The van der Waals surface area contributed by atoms with Crippen molar-refractivity contribution >= 4 is 37.6 Å². The van der Waals surface area contributed by atoms with Crippen molar-refractivity contribution < 1.29 is 17.9 Å². The normalized spacial score (nSPS) is 11.4. The Kier molecular flexibility index (Phi) is 4.75. The molecule has 1 rings (SSSR count). The Balaban J connectivity index is 3.12. The molecule has 100 valence electrons. The number of hydrogen-bond acceptors (Lipinski definition) is 4. The van der Waals surface area contributed by atoms with Gasteiger partial charge in [0.25, 0.3) is 0 Å². The highest BCUT2D eigenvalue weighted by molar-refractivity contribution is 9.10. The Morgan fingerprint density at radius 3 is 2.44 bits per heavy atom. The Labute approximate surface area is 115 Å². The summed E-state index contributed by atoms with van der Waals surface area (Å²) in [4.78, 5) is 11.4. The predicted octanol–water partition coefficient (Wildman–Crippen LogP) is 2.39. The van der Waals surface area contributed by atoms with Crippen molar-refractivity contribution in [1.82, 2.24) is 0 Å². The topological polar surface area (TPSA) is 72.5 Å². The van der Waals surface area contributed by atoms with Gasteiger partial charge >= 0.3 is 5.97 Å². The van der Waals surface area contributed by atoms with Gasteiger partial charge in [-0.1, -0.05) is 15.9 Å². The number of esters is 1. The monoisotopic (exact) mass is 335 g/mol. The van der Waals surface area contributed by atoms with Crippen LogP contribution in [0, 0.1) is 0 Å². The maximum Gasteiger partial charge on any atom is 0.337 e. The fraction of sp³-hybridized carbons (Fsp3) is 0.364. The summed E-state index contributed by atoms with van der Waals surface area (Å²) in [7, 11) is -2.18. The lowest BCUT2D eigenvalue weighted by Gasteiger charge is -2.12. The summed E-state index contributed by atoms with van der Waals surface area (Å²) in [5.41, 5.74) is 0.590. The van der Waals surface area contributed by atoms with Gasteiger partial charge in [-0.05, 0) is 32.0 Å². The molecule has 5 nitrogen and oxygen atoms in total. The average Bonchev–Trinajstić information content (AvgIpc) is 2.26. The molecule has 0 amide bonds. The number of nitrogens with one attached hydrogen (secondary N) is 1. The number of sulfonamides is 1. The third-order valence-corrected chi connectivity index (χ3v) is 4.42. The molecule has 7 heteroatoms. The zero-order chi connectivity index (χ0) is 13.9. The summed E-state index contributed by atoms with van der Waals surface area (Å²) >= 11 is 3.21. The fourth-order valence-electron chi connectivity index (χ4n) is 1.17. The summed E-state index contributed by atoms with van der Waals surface area (Å²) in [5.74, 6) is -0.527. The lowest BCUT2D eigenvalue weighted by molar-refractivity contribution is 0.0600. The molecular weight excluding hydrogens is 322 g/mol. The van der Waals surface area contributed by atoms with Crippen molar-refractivity contribution in [2.75, 3.05) is 11.8 Å². The van der Waals surface area contributed by atoms with Gasteiger partial charge in [-0.25, -0.2) is 13.2 Å². The van der Waals surface area contributed by atoms with Crippen molar-refractivity contribution in [2.45, 2.75) is 19.1 Å². The summed E-state index contributed by atoms with van der Waals surface area (Å²) < 4.78 is 31.0. The number of ether oxygens (including phenoxy) is 1. The van der Waals surface area contributed by atoms with Crippen molar-refractivity contribution in [3.63, 3.8) is 0 Å². The first-order chi connectivity index (χ1) is 8.26. The van der Waals surface area contributed by atoms with Crippen LogP contribution in [0.4, 0.5) is 5.69 Å². The van der Waals surface area contributed by atoms with Crippen LogP contribution in [0.3, 0.4) is 0 Å². The summed E-state index contributed by atoms with van der Waals surface area (Å²) in [6.07, 6.45) is 0. The SMILES string of the molecule is COC(=O)c1cc(Br)cc(NS(=O)(=O)C(C)C)c1. The average molecular weight is 336 g/mol. The molecule has 0 atom stereocenters. The fourth-order valence-corrected chi connectivity index (χ4v) is 2.34. The first-order valence-corrected chi connectivity index (χ1v) is 7.50. The zero-order valence-electron chi connectivity index (χ0n) is 10.2. The maximum atomic E-state index is 11.7. The number of anilines is 1. The highest BCUT2D eigenvalue weighted by Gasteiger charge is 2.17. The molecule has 18 heavy (non-hydrogen) atoms. The van der Waals surface area contributed by atoms with E-state index in [0.717, 1.165) is 0 Å². The van der Waals surface area contributed by atoms with Crippen LogP contribution in [0.5, 0.6) is 0 Å². The van der Waals surface area contributed by atoms with Gasteiger partial charge in [-0.15, -0.1) is 0 Å². The third-order valence-electron chi connectivity index (χ3n) is 2.20. The number of benzene rings is 1. The molecule has 0 spiro atoms. The molecule has 0 unspecified atom stereocenters. The van der Waals surface area contributed by atoms with Crippen LogP contribution in [0.1, 0.15) is 24.2 Å². The van der Waals surface area contributed by atoms with Crippen LogP contribution in [0.25, 0.3) is 0 Å². The van der Waals surface area contributed by atoms with E-state index in [1.54, 1.807) is 26.0 Å². The molecule has 0 saturated carbocycles. The molecular formula is C11H14BrNO4S. The lowest BCUT2D eigenvalue weighted by Crippen LogP contribution is -2.22. The van der Waals surface area contributed by atoms with Gasteiger partial charge in [0.1, 0.15) is 0 Å². The molecule has 0 aliphatic carbocycles. The van der Waals surface area contributed by atoms with E-state index >= 15 is 0 Å². The summed E-state index contributed by atoms with van der Waals surface area (Å²) in [6.45, 7) is 3.14. The quantitative estimate of drug-likeness (QED) is 0.857. The highest BCUT2D eigenvalue weighted by atomic mass is 79.9. The molecule has 0 aromatic heterocycles. The molecule has 0 radical (unpaired) electrons.